The lowest BCUT2D eigenvalue weighted by Gasteiger charge is -2.35. The van der Waals surface area contributed by atoms with Gasteiger partial charge in [0.25, 0.3) is 0 Å². The molecule has 0 bridgehead atoms. The van der Waals surface area contributed by atoms with Gasteiger partial charge in [0, 0.05) is 38.6 Å². The molecule has 2 rings (SSSR count). The smallest absolute Gasteiger partial charge is 0.406 e. The third-order valence-corrected chi connectivity index (χ3v) is 3.79. The van der Waals surface area contributed by atoms with Gasteiger partial charge in [-0.1, -0.05) is 12.1 Å². The highest BCUT2D eigenvalue weighted by Crippen LogP contribution is 2.33. The van der Waals surface area contributed by atoms with Gasteiger partial charge in [-0.2, -0.15) is 13.2 Å². The second-order valence-electron chi connectivity index (χ2n) is 5.57. The van der Waals surface area contributed by atoms with Crippen LogP contribution in [0.3, 0.4) is 0 Å². The molecule has 1 aromatic rings. The van der Waals surface area contributed by atoms with E-state index in [0.717, 1.165) is 12.1 Å². The van der Waals surface area contributed by atoms with Gasteiger partial charge in [0.1, 0.15) is 5.75 Å². The van der Waals surface area contributed by atoms with Gasteiger partial charge < -0.3 is 10.1 Å². The minimum absolute atomic E-state index is 0. The number of benzene rings is 1. The summed E-state index contributed by atoms with van der Waals surface area (Å²) in [6, 6.07) is 4.56. The summed E-state index contributed by atoms with van der Waals surface area (Å²) in [5, 5.41) is 3.12. The molecule has 0 radical (unpaired) electrons. The third kappa shape index (κ3) is 8.66. The van der Waals surface area contributed by atoms with Crippen LogP contribution in [0, 0.1) is 0 Å². The number of hydrogen-bond donors (Lipinski definition) is 1. The highest BCUT2D eigenvalue weighted by Gasteiger charge is 2.32. The van der Waals surface area contributed by atoms with E-state index >= 15 is 0 Å². The first-order chi connectivity index (χ1) is 11.1. The van der Waals surface area contributed by atoms with Crippen molar-refractivity contribution in [3.8, 4) is 5.75 Å². The monoisotopic (exact) mass is 428 g/mol. The summed E-state index contributed by atoms with van der Waals surface area (Å²) in [5.74, 6) is -0.388. The fourth-order valence-corrected chi connectivity index (χ4v) is 2.75. The maximum absolute atomic E-state index is 12.6. The van der Waals surface area contributed by atoms with Crippen LogP contribution in [0.1, 0.15) is 24.4 Å². The zero-order valence-electron chi connectivity index (χ0n) is 13.6. The van der Waals surface area contributed by atoms with Crippen molar-refractivity contribution in [3.05, 3.63) is 29.8 Å². The van der Waals surface area contributed by atoms with Gasteiger partial charge in [-0.05, 0) is 24.1 Å². The Morgan fingerprint density at radius 1 is 0.962 bits per heavy atom. The molecule has 152 valence electrons. The molecule has 1 aliphatic heterocycles. The Morgan fingerprint density at radius 3 is 1.96 bits per heavy atom. The van der Waals surface area contributed by atoms with Crippen LogP contribution >= 0.6 is 24.8 Å². The SMILES string of the molecule is Cl.Cl.FC(F)(F)CC[C@@H](c1ccc(OC(F)(F)F)cc1)N1CCNCC1. The number of alkyl halides is 6. The quantitative estimate of drug-likeness (QED) is 0.686. The number of nitrogens with one attached hydrogen (secondary N) is 1. The predicted molar refractivity (Wildman–Crippen MR) is 90.1 cm³/mol. The van der Waals surface area contributed by atoms with Gasteiger partial charge in [-0.3, -0.25) is 4.90 Å². The van der Waals surface area contributed by atoms with E-state index in [1.807, 2.05) is 4.90 Å². The predicted octanol–water partition coefficient (Wildman–Crippen LogP) is 4.72. The first-order valence-electron chi connectivity index (χ1n) is 7.51. The first-order valence-corrected chi connectivity index (χ1v) is 7.51. The van der Waals surface area contributed by atoms with Crippen LogP contribution in [0.5, 0.6) is 5.75 Å². The Balaban J connectivity index is 0.00000312. The van der Waals surface area contributed by atoms with Gasteiger partial charge in [0.2, 0.25) is 0 Å². The Bertz CT molecular complexity index is 518. The van der Waals surface area contributed by atoms with Crippen molar-refractivity contribution in [2.75, 3.05) is 26.2 Å². The van der Waals surface area contributed by atoms with Crippen LogP contribution in [0.25, 0.3) is 0 Å². The van der Waals surface area contributed by atoms with Crippen molar-refractivity contribution >= 4 is 24.8 Å². The van der Waals surface area contributed by atoms with Crippen molar-refractivity contribution in [1.82, 2.24) is 10.2 Å². The second kappa shape index (κ2) is 10.4. The largest absolute Gasteiger partial charge is 0.573 e. The number of rotatable bonds is 5. The van der Waals surface area contributed by atoms with Gasteiger partial charge in [-0.25, -0.2) is 0 Å². The zero-order chi connectivity index (χ0) is 17.8. The minimum atomic E-state index is -4.80. The van der Waals surface area contributed by atoms with E-state index < -0.39 is 25.0 Å². The molecule has 3 nitrogen and oxygen atoms in total. The van der Waals surface area contributed by atoms with E-state index in [2.05, 4.69) is 10.1 Å². The molecule has 1 aromatic carbocycles. The van der Waals surface area contributed by atoms with E-state index in [1.54, 1.807) is 0 Å². The summed E-state index contributed by atoms with van der Waals surface area (Å²) in [5.41, 5.74) is 0.552. The molecule has 1 atom stereocenters. The maximum Gasteiger partial charge on any atom is 0.573 e. The van der Waals surface area contributed by atoms with Gasteiger partial charge in [0.15, 0.2) is 0 Å². The van der Waals surface area contributed by atoms with E-state index in [1.165, 1.54) is 12.1 Å². The van der Waals surface area contributed by atoms with Gasteiger partial charge in [0.05, 0.1) is 0 Å². The van der Waals surface area contributed by atoms with Gasteiger partial charge >= 0.3 is 12.5 Å². The molecule has 0 unspecified atom stereocenters. The van der Waals surface area contributed by atoms with E-state index in [4.69, 9.17) is 0 Å². The van der Waals surface area contributed by atoms with Crippen LogP contribution < -0.4 is 10.1 Å². The van der Waals surface area contributed by atoms with Gasteiger partial charge in [-0.15, -0.1) is 38.0 Å². The zero-order valence-corrected chi connectivity index (χ0v) is 15.2. The molecule has 0 spiro atoms. The van der Waals surface area contributed by atoms with Crippen molar-refractivity contribution in [2.24, 2.45) is 0 Å². The van der Waals surface area contributed by atoms with Crippen LogP contribution in [-0.2, 0) is 0 Å². The average Bonchev–Trinajstić information content (AvgIpc) is 2.47. The summed E-state index contributed by atoms with van der Waals surface area (Å²) in [6.07, 6.45) is -10.1. The molecule has 1 heterocycles. The van der Waals surface area contributed by atoms with Crippen molar-refractivity contribution in [2.45, 2.75) is 31.4 Å². The lowest BCUT2D eigenvalue weighted by Crippen LogP contribution is -2.45. The fourth-order valence-electron chi connectivity index (χ4n) is 2.75. The minimum Gasteiger partial charge on any atom is -0.406 e. The third-order valence-electron chi connectivity index (χ3n) is 3.79. The number of halogens is 8. The molecular weight excluding hydrogens is 409 g/mol. The van der Waals surface area contributed by atoms with E-state index in [9.17, 15) is 26.3 Å². The van der Waals surface area contributed by atoms with Crippen LogP contribution in [0.15, 0.2) is 24.3 Å². The van der Waals surface area contributed by atoms with Crippen molar-refractivity contribution in [3.63, 3.8) is 0 Å². The van der Waals surface area contributed by atoms with Crippen LogP contribution in [-0.4, -0.2) is 43.6 Å². The molecule has 1 saturated heterocycles. The molecule has 0 aromatic heterocycles. The molecular formula is C15H20Cl2F6N2O. The van der Waals surface area contributed by atoms with Crippen molar-refractivity contribution < 1.29 is 31.1 Å². The average molecular weight is 429 g/mol. The van der Waals surface area contributed by atoms with Crippen molar-refractivity contribution in [1.29, 1.82) is 0 Å². The number of nitrogens with zero attached hydrogens (tertiary/aromatic N) is 1. The molecule has 11 heteroatoms. The summed E-state index contributed by atoms with van der Waals surface area (Å²) < 4.78 is 78.1. The molecule has 1 fully saturated rings. The normalized spacial score (nSPS) is 17.0. The second-order valence-corrected chi connectivity index (χ2v) is 5.57. The highest BCUT2D eigenvalue weighted by atomic mass is 35.5. The van der Waals surface area contributed by atoms with Crippen LogP contribution in [0.2, 0.25) is 0 Å². The Hall–Kier alpha value is -0.900. The van der Waals surface area contributed by atoms with E-state index in [-0.39, 0.29) is 37.0 Å². The summed E-state index contributed by atoms with van der Waals surface area (Å²) >= 11 is 0. The number of piperazine rings is 1. The summed E-state index contributed by atoms with van der Waals surface area (Å²) in [6.45, 7) is 2.50. The molecule has 0 saturated carbocycles. The molecule has 1 aliphatic rings. The fraction of sp³-hybridized carbons (Fsp3) is 0.600. The number of ether oxygens (including phenoxy) is 1. The van der Waals surface area contributed by atoms with Crippen LogP contribution in [0.4, 0.5) is 26.3 Å². The summed E-state index contributed by atoms with van der Waals surface area (Å²) in [7, 11) is 0. The lowest BCUT2D eigenvalue weighted by molar-refractivity contribution is -0.274. The topological polar surface area (TPSA) is 24.5 Å². The Kier molecular flexibility index (Phi) is 10.1. The molecule has 0 amide bonds. The lowest BCUT2D eigenvalue weighted by atomic mass is 9.99. The maximum atomic E-state index is 12.6. The highest BCUT2D eigenvalue weighted by molar-refractivity contribution is 5.85. The Morgan fingerprint density at radius 2 is 1.50 bits per heavy atom. The summed E-state index contributed by atoms with van der Waals surface area (Å²) in [4.78, 5) is 1.92. The van der Waals surface area contributed by atoms with E-state index in [0.29, 0.717) is 31.7 Å². The molecule has 0 aliphatic carbocycles. The molecule has 26 heavy (non-hydrogen) atoms. The molecule has 1 N–H and O–H groups in total. The standard InChI is InChI=1S/C15H18F6N2O.2ClH/c16-14(17,18)6-5-13(23-9-7-22-8-10-23)11-1-3-12(4-2-11)24-15(19,20)21;;/h1-4,13,22H,5-10H2;2*1H/t13-;;/m0../s1. The Labute approximate surface area is 159 Å². The number of hydrogen-bond acceptors (Lipinski definition) is 3. The first kappa shape index (κ1) is 25.1.